The number of carbonyl (C=O) groups excluding carboxylic acids is 2. The van der Waals surface area contributed by atoms with Gasteiger partial charge in [0.05, 0.1) is 25.8 Å². The Morgan fingerprint density at radius 3 is 2.59 bits per heavy atom. The first-order valence-electron chi connectivity index (χ1n) is 10.1. The molecule has 0 unspecified atom stereocenters. The number of hydrogen-bond acceptors (Lipinski definition) is 6. The van der Waals surface area contributed by atoms with Gasteiger partial charge in [-0.15, -0.1) is 0 Å². The van der Waals surface area contributed by atoms with Gasteiger partial charge in [-0.25, -0.2) is 4.79 Å². The fourth-order valence-electron chi connectivity index (χ4n) is 3.21. The van der Waals surface area contributed by atoms with Crippen LogP contribution in [-0.2, 0) is 25.4 Å². The number of ether oxygens (including phenoxy) is 3. The minimum Gasteiger partial charge on any atom is -0.465 e. The van der Waals surface area contributed by atoms with E-state index < -0.39 is 17.4 Å². The van der Waals surface area contributed by atoms with Crippen molar-refractivity contribution >= 4 is 12.1 Å². The maximum absolute atomic E-state index is 12.6. The van der Waals surface area contributed by atoms with Crippen LogP contribution in [0.2, 0.25) is 0 Å². The van der Waals surface area contributed by atoms with E-state index >= 15 is 0 Å². The lowest BCUT2D eigenvalue weighted by molar-refractivity contribution is -0.142. The molecule has 0 saturated carbocycles. The maximum atomic E-state index is 12.6. The van der Waals surface area contributed by atoms with E-state index in [0.717, 1.165) is 12.8 Å². The van der Waals surface area contributed by atoms with Gasteiger partial charge in [-0.1, -0.05) is 30.3 Å². The van der Waals surface area contributed by atoms with Crippen molar-refractivity contribution in [1.29, 1.82) is 0 Å². The summed E-state index contributed by atoms with van der Waals surface area (Å²) in [7, 11) is 0. The van der Waals surface area contributed by atoms with Gasteiger partial charge in [0.2, 0.25) is 0 Å². The molecule has 1 aliphatic heterocycles. The van der Waals surface area contributed by atoms with Crippen LogP contribution >= 0.6 is 0 Å². The minimum atomic E-state index is -0.757. The Balaban J connectivity index is 1.71. The van der Waals surface area contributed by atoms with Crippen LogP contribution in [0.25, 0.3) is 0 Å². The molecule has 7 nitrogen and oxygen atoms in total. The molecule has 0 spiro atoms. The third-order valence-corrected chi connectivity index (χ3v) is 4.53. The van der Waals surface area contributed by atoms with Crippen molar-refractivity contribution in [3.05, 3.63) is 35.9 Å². The predicted octanol–water partition coefficient (Wildman–Crippen LogP) is 3.12. The van der Waals surface area contributed by atoms with E-state index in [1.807, 2.05) is 52.8 Å². The van der Waals surface area contributed by atoms with E-state index in [0.29, 0.717) is 19.8 Å². The lowest BCUT2D eigenvalue weighted by Gasteiger charge is -2.35. The molecule has 0 bridgehead atoms. The summed E-state index contributed by atoms with van der Waals surface area (Å²) in [6.45, 7) is 10.4. The van der Waals surface area contributed by atoms with Gasteiger partial charge in [-0.2, -0.15) is 0 Å². The maximum Gasteiger partial charge on any atom is 0.412 e. The van der Waals surface area contributed by atoms with Crippen molar-refractivity contribution in [1.82, 2.24) is 10.2 Å². The summed E-state index contributed by atoms with van der Waals surface area (Å²) in [6.07, 6.45) is 1.24. The molecular weight excluding hydrogens is 372 g/mol. The van der Waals surface area contributed by atoms with Crippen molar-refractivity contribution in [2.45, 2.75) is 64.8 Å². The highest BCUT2D eigenvalue weighted by atomic mass is 16.6. The Kier molecular flexibility index (Phi) is 8.05. The highest BCUT2D eigenvalue weighted by Crippen LogP contribution is 2.29. The average Bonchev–Trinajstić information content (AvgIpc) is 2.93. The number of hydrogen-bond donors (Lipinski definition) is 1. The molecule has 1 amide bonds. The van der Waals surface area contributed by atoms with Gasteiger partial charge in [0.15, 0.2) is 0 Å². The Morgan fingerprint density at radius 2 is 1.93 bits per heavy atom. The first kappa shape index (κ1) is 23.2. The second kappa shape index (κ2) is 10.1. The molecular formula is C22H34N2O5. The minimum absolute atomic E-state index is 0.0877. The number of esters is 1. The van der Waals surface area contributed by atoms with Crippen LogP contribution < -0.4 is 5.32 Å². The molecule has 0 aromatic heterocycles. The summed E-state index contributed by atoms with van der Waals surface area (Å²) in [5.41, 5.74) is -0.114. The zero-order valence-corrected chi connectivity index (χ0v) is 18.2. The van der Waals surface area contributed by atoms with Crippen molar-refractivity contribution in [2.24, 2.45) is 0 Å². The van der Waals surface area contributed by atoms with Crippen LogP contribution in [0.5, 0.6) is 0 Å². The molecule has 1 aromatic carbocycles. The van der Waals surface area contributed by atoms with Crippen molar-refractivity contribution in [2.75, 3.05) is 26.3 Å². The molecule has 1 N–H and O–H groups in total. The molecule has 0 aliphatic carbocycles. The van der Waals surface area contributed by atoms with Crippen LogP contribution in [0.1, 0.15) is 46.6 Å². The third-order valence-electron chi connectivity index (χ3n) is 4.53. The zero-order chi connectivity index (χ0) is 21.5. The number of nitrogens with zero attached hydrogens (tertiary/aromatic N) is 1. The van der Waals surface area contributed by atoms with Gasteiger partial charge >= 0.3 is 12.1 Å². The quantitative estimate of drug-likeness (QED) is 0.528. The van der Waals surface area contributed by atoms with E-state index in [1.54, 1.807) is 4.90 Å². The van der Waals surface area contributed by atoms with Gasteiger partial charge in [0.25, 0.3) is 0 Å². The number of nitrogens with one attached hydrogen (secondary N) is 1. The van der Waals surface area contributed by atoms with Gasteiger partial charge in [0, 0.05) is 6.54 Å². The monoisotopic (exact) mass is 406 g/mol. The van der Waals surface area contributed by atoms with Gasteiger partial charge in [0.1, 0.15) is 11.3 Å². The molecule has 29 heavy (non-hydrogen) atoms. The standard InChI is InChI=1S/C22H34N2O5/c1-21(2,3)29-20(26)24-18(16-28-22(24,4)5)14-23-15-19(25)27-13-9-12-17-10-7-6-8-11-17/h6-8,10-11,18,23H,9,12-16H2,1-5H3/t18-/m1/s1. The molecule has 1 saturated heterocycles. The second-order valence-corrected chi connectivity index (χ2v) is 8.70. The molecule has 1 aromatic rings. The molecule has 7 heteroatoms. The van der Waals surface area contributed by atoms with Crippen LogP contribution in [-0.4, -0.2) is 60.6 Å². The molecule has 162 valence electrons. The molecule has 1 heterocycles. The van der Waals surface area contributed by atoms with Gasteiger partial charge in [-0.3, -0.25) is 9.69 Å². The number of amides is 1. The van der Waals surface area contributed by atoms with Crippen LogP contribution in [0.15, 0.2) is 30.3 Å². The summed E-state index contributed by atoms with van der Waals surface area (Å²) in [5.74, 6) is -0.306. The second-order valence-electron chi connectivity index (χ2n) is 8.70. The Bertz CT molecular complexity index is 670. The third kappa shape index (κ3) is 7.66. The number of rotatable bonds is 8. The predicted molar refractivity (Wildman–Crippen MR) is 110 cm³/mol. The summed E-state index contributed by atoms with van der Waals surface area (Å²) >= 11 is 0. The van der Waals surface area contributed by atoms with E-state index in [4.69, 9.17) is 14.2 Å². The molecule has 1 aliphatic rings. The molecule has 1 fully saturated rings. The van der Waals surface area contributed by atoms with Crippen LogP contribution in [0, 0.1) is 0 Å². The SMILES string of the molecule is CC(C)(C)OC(=O)N1[C@H](CNCC(=O)OCCCc2ccccc2)COC1(C)C. The summed E-state index contributed by atoms with van der Waals surface area (Å²) in [5, 5.41) is 3.07. The average molecular weight is 407 g/mol. The smallest absolute Gasteiger partial charge is 0.412 e. The molecule has 2 rings (SSSR count). The Labute approximate surface area is 173 Å². The first-order valence-corrected chi connectivity index (χ1v) is 10.1. The Hall–Kier alpha value is -2.12. The summed E-state index contributed by atoms with van der Waals surface area (Å²) < 4.78 is 16.5. The van der Waals surface area contributed by atoms with Gasteiger partial charge in [-0.05, 0) is 53.0 Å². The lowest BCUT2D eigenvalue weighted by atomic mass is 10.1. The largest absolute Gasteiger partial charge is 0.465 e. The van der Waals surface area contributed by atoms with E-state index in [1.165, 1.54) is 5.56 Å². The fraction of sp³-hybridized carbons (Fsp3) is 0.636. The zero-order valence-electron chi connectivity index (χ0n) is 18.2. The summed E-state index contributed by atoms with van der Waals surface area (Å²) in [6, 6.07) is 9.89. The van der Waals surface area contributed by atoms with E-state index in [2.05, 4.69) is 17.4 Å². The summed E-state index contributed by atoms with van der Waals surface area (Å²) in [4.78, 5) is 26.1. The van der Waals surface area contributed by atoms with E-state index in [9.17, 15) is 9.59 Å². The van der Waals surface area contributed by atoms with Crippen LogP contribution in [0.3, 0.4) is 0 Å². The normalized spacial score (nSPS) is 18.5. The van der Waals surface area contributed by atoms with Crippen molar-refractivity contribution < 1.29 is 23.8 Å². The van der Waals surface area contributed by atoms with Gasteiger partial charge < -0.3 is 19.5 Å². The number of carbonyl (C=O) groups is 2. The number of benzene rings is 1. The van der Waals surface area contributed by atoms with E-state index in [-0.39, 0.29) is 18.6 Å². The Morgan fingerprint density at radius 1 is 1.24 bits per heavy atom. The van der Waals surface area contributed by atoms with Crippen LogP contribution in [0.4, 0.5) is 4.79 Å². The molecule has 0 radical (unpaired) electrons. The topological polar surface area (TPSA) is 77.1 Å². The highest BCUT2D eigenvalue weighted by molar-refractivity contribution is 5.71. The fourth-order valence-corrected chi connectivity index (χ4v) is 3.21. The lowest BCUT2D eigenvalue weighted by Crippen LogP contribution is -2.52. The molecule has 1 atom stereocenters. The number of aryl methyl sites for hydroxylation is 1. The highest BCUT2D eigenvalue weighted by Gasteiger charge is 2.45. The van der Waals surface area contributed by atoms with Crippen molar-refractivity contribution in [3.8, 4) is 0 Å². The van der Waals surface area contributed by atoms with Crippen molar-refractivity contribution in [3.63, 3.8) is 0 Å². The first-order chi connectivity index (χ1) is 13.6.